The molecule has 4 nitrogen and oxygen atoms in total. The maximum Gasteiger partial charge on any atom is 0.225 e. The van der Waals surface area contributed by atoms with Crippen molar-refractivity contribution in [3.63, 3.8) is 0 Å². The third kappa shape index (κ3) is 2.10. The molecule has 0 radical (unpaired) electrons. The first-order chi connectivity index (χ1) is 9.20. The Bertz CT molecular complexity index is 624. The van der Waals surface area contributed by atoms with Gasteiger partial charge >= 0.3 is 0 Å². The molecule has 0 spiro atoms. The van der Waals surface area contributed by atoms with Gasteiger partial charge in [-0.1, -0.05) is 6.07 Å². The number of methoxy groups -OCH3 is 1. The van der Waals surface area contributed by atoms with Crippen molar-refractivity contribution in [2.75, 3.05) is 25.1 Å². The topological polar surface area (TPSA) is 38.2 Å². The smallest absolute Gasteiger partial charge is 0.225 e. The molecular weight excluding hydrogens is 262 g/mol. The molecular formula is C14H16ClN3O. The van der Waals surface area contributed by atoms with E-state index in [1.54, 1.807) is 7.11 Å². The Kier molecular flexibility index (Phi) is 3.19. The van der Waals surface area contributed by atoms with Gasteiger partial charge in [0, 0.05) is 18.5 Å². The summed E-state index contributed by atoms with van der Waals surface area (Å²) in [4.78, 5) is 11.1. The molecule has 0 atom stereocenters. The molecule has 1 aromatic carbocycles. The van der Waals surface area contributed by atoms with Crippen molar-refractivity contribution in [1.29, 1.82) is 0 Å². The molecule has 0 amide bonds. The molecule has 5 heteroatoms. The number of ether oxygens (including phenoxy) is 1. The van der Waals surface area contributed by atoms with Crippen molar-refractivity contribution < 1.29 is 4.74 Å². The van der Waals surface area contributed by atoms with Crippen molar-refractivity contribution in [2.24, 2.45) is 0 Å². The molecule has 0 bridgehead atoms. The molecule has 1 saturated heterocycles. The minimum absolute atomic E-state index is 0.276. The molecule has 1 fully saturated rings. The predicted molar refractivity (Wildman–Crippen MR) is 77.3 cm³/mol. The Hall–Kier alpha value is -1.55. The van der Waals surface area contributed by atoms with Crippen LogP contribution in [0.5, 0.6) is 5.75 Å². The lowest BCUT2D eigenvalue weighted by Gasteiger charge is -2.20. The summed E-state index contributed by atoms with van der Waals surface area (Å²) in [5.41, 5.74) is 1.94. The number of fused-ring (bicyclic) bond motifs is 1. The summed E-state index contributed by atoms with van der Waals surface area (Å²) in [6.07, 6.45) is 2.40. The number of nitrogens with zero attached hydrogens (tertiary/aromatic N) is 3. The van der Waals surface area contributed by atoms with Gasteiger partial charge < -0.3 is 9.64 Å². The van der Waals surface area contributed by atoms with Gasteiger partial charge in [-0.3, -0.25) is 0 Å². The van der Waals surface area contributed by atoms with Crippen molar-refractivity contribution in [3.8, 4) is 5.75 Å². The highest BCUT2D eigenvalue weighted by atomic mass is 35.5. The average Bonchev–Trinajstić information content (AvgIpc) is 2.92. The van der Waals surface area contributed by atoms with E-state index < -0.39 is 0 Å². The fourth-order valence-corrected chi connectivity index (χ4v) is 2.81. The summed E-state index contributed by atoms with van der Waals surface area (Å²) in [5, 5.41) is 1.32. The van der Waals surface area contributed by atoms with Crippen LogP contribution in [0.15, 0.2) is 12.1 Å². The zero-order valence-corrected chi connectivity index (χ0v) is 11.9. The quantitative estimate of drug-likeness (QED) is 0.790. The Morgan fingerprint density at radius 2 is 1.95 bits per heavy atom. The molecule has 19 heavy (non-hydrogen) atoms. The number of rotatable bonds is 2. The number of aromatic nitrogens is 2. The molecule has 0 aliphatic carbocycles. The second-order valence-electron chi connectivity index (χ2n) is 4.82. The molecule has 2 aromatic rings. The van der Waals surface area contributed by atoms with Crippen LogP contribution in [0.2, 0.25) is 5.28 Å². The first-order valence-electron chi connectivity index (χ1n) is 6.46. The number of halogens is 1. The van der Waals surface area contributed by atoms with Gasteiger partial charge in [-0.05, 0) is 43.0 Å². The fourth-order valence-electron chi connectivity index (χ4n) is 2.65. The fraction of sp³-hybridized carbons (Fsp3) is 0.429. The van der Waals surface area contributed by atoms with Gasteiger partial charge in [0.2, 0.25) is 5.28 Å². The van der Waals surface area contributed by atoms with Crippen LogP contribution in [0, 0.1) is 6.92 Å². The third-order valence-electron chi connectivity index (χ3n) is 3.60. The maximum absolute atomic E-state index is 6.08. The lowest BCUT2D eigenvalue weighted by atomic mass is 10.1. The van der Waals surface area contributed by atoms with Crippen LogP contribution in [0.25, 0.3) is 10.9 Å². The van der Waals surface area contributed by atoms with E-state index in [-0.39, 0.29) is 5.28 Å². The van der Waals surface area contributed by atoms with Gasteiger partial charge in [0.05, 0.1) is 7.11 Å². The van der Waals surface area contributed by atoms with E-state index >= 15 is 0 Å². The van der Waals surface area contributed by atoms with E-state index in [4.69, 9.17) is 16.3 Å². The van der Waals surface area contributed by atoms with Crippen molar-refractivity contribution in [2.45, 2.75) is 19.8 Å². The highest BCUT2D eigenvalue weighted by Crippen LogP contribution is 2.35. The van der Waals surface area contributed by atoms with Crippen LogP contribution >= 0.6 is 11.6 Å². The maximum atomic E-state index is 6.08. The minimum Gasteiger partial charge on any atom is -0.494 e. The minimum atomic E-state index is 0.276. The van der Waals surface area contributed by atoms with Crippen LogP contribution in [-0.2, 0) is 0 Å². The number of benzene rings is 1. The molecule has 2 heterocycles. The lowest BCUT2D eigenvalue weighted by Crippen LogP contribution is -2.20. The second-order valence-corrected chi connectivity index (χ2v) is 5.16. The largest absolute Gasteiger partial charge is 0.494 e. The van der Waals surface area contributed by atoms with E-state index in [2.05, 4.69) is 21.8 Å². The number of aryl methyl sites for hydroxylation is 1. The number of hydrogen-bond acceptors (Lipinski definition) is 4. The van der Waals surface area contributed by atoms with Gasteiger partial charge in [0.25, 0.3) is 0 Å². The monoisotopic (exact) mass is 277 g/mol. The Balaban J connectivity index is 2.31. The summed E-state index contributed by atoms with van der Waals surface area (Å²) in [5.74, 6) is 1.68. The van der Waals surface area contributed by atoms with E-state index in [9.17, 15) is 0 Å². The van der Waals surface area contributed by atoms with Gasteiger partial charge in [0.15, 0.2) is 0 Å². The predicted octanol–water partition coefficient (Wildman–Crippen LogP) is 3.20. The Morgan fingerprint density at radius 1 is 1.21 bits per heavy atom. The molecule has 100 valence electrons. The first-order valence-corrected chi connectivity index (χ1v) is 6.84. The van der Waals surface area contributed by atoms with Gasteiger partial charge in [-0.2, -0.15) is 4.98 Å². The molecule has 3 rings (SSSR count). The first kappa shape index (κ1) is 12.5. The van der Waals surface area contributed by atoms with Crippen molar-refractivity contribution >= 4 is 28.3 Å². The highest BCUT2D eigenvalue weighted by Gasteiger charge is 2.20. The van der Waals surface area contributed by atoms with E-state index in [0.29, 0.717) is 0 Å². The summed E-state index contributed by atoms with van der Waals surface area (Å²) in [6, 6.07) is 3.97. The van der Waals surface area contributed by atoms with Gasteiger partial charge in [0.1, 0.15) is 17.1 Å². The molecule has 1 aromatic heterocycles. The zero-order valence-electron chi connectivity index (χ0n) is 11.1. The number of anilines is 1. The summed E-state index contributed by atoms with van der Waals surface area (Å²) in [7, 11) is 1.65. The van der Waals surface area contributed by atoms with Crippen LogP contribution in [0.1, 0.15) is 18.4 Å². The average molecular weight is 278 g/mol. The van der Waals surface area contributed by atoms with Gasteiger partial charge in [-0.25, -0.2) is 4.98 Å². The van der Waals surface area contributed by atoms with Crippen LogP contribution in [0.4, 0.5) is 5.82 Å². The normalized spacial score (nSPS) is 15.2. The van der Waals surface area contributed by atoms with Gasteiger partial charge in [-0.15, -0.1) is 0 Å². The summed E-state index contributed by atoms with van der Waals surface area (Å²) < 4.78 is 5.39. The second kappa shape index (κ2) is 4.85. The number of hydrogen-bond donors (Lipinski definition) is 0. The van der Waals surface area contributed by atoms with E-state index in [1.807, 2.05) is 12.1 Å². The Labute approximate surface area is 117 Å². The van der Waals surface area contributed by atoms with Crippen LogP contribution in [-0.4, -0.2) is 30.2 Å². The standard InChI is InChI=1S/C14H16ClN3O/c1-9-5-6-10(19-2)12-11(9)13(17-14(15)16-12)18-7-3-4-8-18/h5-6H,3-4,7-8H2,1-2H3. The lowest BCUT2D eigenvalue weighted by molar-refractivity contribution is 0.419. The van der Waals surface area contributed by atoms with Crippen LogP contribution < -0.4 is 9.64 Å². The van der Waals surface area contributed by atoms with E-state index in [0.717, 1.165) is 41.1 Å². The molecule has 0 unspecified atom stereocenters. The molecule has 1 aliphatic heterocycles. The third-order valence-corrected chi connectivity index (χ3v) is 3.77. The van der Waals surface area contributed by atoms with Crippen molar-refractivity contribution in [1.82, 2.24) is 9.97 Å². The molecule has 0 N–H and O–H groups in total. The van der Waals surface area contributed by atoms with Crippen LogP contribution in [0.3, 0.4) is 0 Å². The summed E-state index contributed by atoms with van der Waals surface area (Å²) >= 11 is 6.08. The van der Waals surface area contributed by atoms with E-state index in [1.165, 1.54) is 12.8 Å². The Morgan fingerprint density at radius 3 is 2.63 bits per heavy atom. The molecule has 0 saturated carbocycles. The SMILES string of the molecule is COc1ccc(C)c2c(N3CCCC3)nc(Cl)nc12. The van der Waals surface area contributed by atoms with Crippen molar-refractivity contribution in [3.05, 3.63) is 23.0 Å². The highest BCUT2D eigenvalue weighted by molar-refractivity contribution is 6.29. The molecule has 1 aliphatic rings. The zero-order chi connectivity index (χ0) is 13.4. The summed E-state index contributed by atoms with van der Waals surface area (Å²) in [6.45, 7) is 4.12.